The van der Waals surface area contributed by atoms with Crippen LogP contribution in [0.25, 0.3) is 0 Å². The summed E-state index contributed by atoms with van der Waals surface area (Å²) in [6.45, 7) is 2.03. The van der Waals surface area contributed by atoms with E-state index in [0.717, 1.165) is 18.2 Å². The van der Waals surface area contributed by atoms with Gasteiger partial charge in [0, 0.05) is 12.3 Å². The Hall–Kier alpha value is -4.18. The van der Waals surface area contributed by atoms with Crippen molar-refractivity contribution in [2.45, 2.75) is 6.92 Å². The van der Waals surface area contributed by atoms with E-state index in [1.807, 2.05) is 0 Å². The summed E-state index contributed by atoms with van der Waals surface area (Å²) in [5.74, 6) is 0.761. The maximum atomic E-state index is 11.4. The van der Waals surface area contributed by atoms with Gasteiger partial charge in [-0.15, -0.1) is 0 Å². The van der Waals surface area contributed by atoms with Crippen LogP contribution in [0.4, 0.5) is 17.1 Å². The summed E-state index contributed by atoms with van der Waals surface area (Å²) in [6, 6.07) is 13.4. The predicted molar refractivity (Wildman–Crippen MR) is 123 cm³/mol. The average Bonchev–Trinajstić information content (AvgIpc) is 2.80. The maximum Gasteiger partial charge on any atom is 0.318 e. The quantitative estimate of drug-likeness (QED) is 0.209. The van der Waals surface area contributed by atoms with Crippen molar-refractivity contribution in [2.75, 3.05) is 13.7 Å². The number of rotatable bonds is 9. The number of non-ortho nitro benzene ring substituents is 1. The highest BCUT2D eigenvalue weighted by molar-refractivity contribution is 6.32. The molecule has 0 aliphatic rings. The fourth-order valence-electron chi connectivity index (χ4n) is 2.80. The molecule has 0 saturated heterocycles. The molecule has 3 aromatic carbocycles. The van der Waals surface area contributed by atoms with Gasteiger partial charge in [-0.2, -0.15) is 0 Å². The molecule has 3 rings (SSSR count). The van der Waals surface area contributed by atoms with Crippen molar-refractivity contribution in [3.05, 3.63) is 85.4 Å². The summed E-state index contributed by atoms with van der Waals surface area (Å²) in [4.78, 5) is 25.2. The minimum absolute atomic E-state index is 0.0390. The minimum atomic E-state index is -0.771. The lowest BCUT2D eigenvalue weighted by atomic mass is 10.2. The maximum absolute atomic E-state index is 11.4. The number of hydrogen-bond acceptors (Lipinski definition) is 8. The lowest BCUT2D eigenvalue weighted by molar-refractivity contribution is -0.394. The van der Waals surface area contributed by atoms with Crippen LogP contribution in [0.1, 0.15) is 12.5 Å². The monoisotopic (exact) mass is 471 g/mol. The molecule has 0 amide bonds. The Morgan fingerprint density at radius 1 is 1.00 bits per heavy atom. The fraction of sp³-hybridized carbons (Fsp3) is 0.136. The van der Waals surface area contributed by atoms with Gasteiger partial charge in [-0.3, -0.25) is 25.2 Å². The number of nitro benzene ring substituents is 2. The zero-order valence-electron chi connectivity index (χ0n) is 17.6. The highest BCUT2D eigenvalue weighted by atomic mass is 35.5. The number of aliphatic imine (C=N–C) groups is 1. The van der Waals surface area contributed by atoms with Crippen molar-refractivity contribution in [1.29, 1.82) is 0 Å². The first-order valence-electron chi connectivity index (χ1n) is 9.57. The Bertz CT molecular complexity index is 1210. The third-order valence-corrected chi connectivity index (χ3v) is 4.61. The van der Waals surface area contributed by atoms with Crippen molar-refractivity contribution in [1.82, 2.24) is 0 Å². The first-order valence-corrected chi connectivity index (χ1v) is 9.95. The normalized spacial score (nSPS) is 10.8. The van der Waals surface area contributed by atoms with Gasteiger partial charge in [0.15, 0.2) is 11.5 Å². The SMILES string of the molecule is CCOc1cc(C=Nc2ccc(OC)cc2)cc(Cl)c1Oc1ccc([N+](=O)[O-])cc1[N+](=O)[O-]. The van der Waals surface area contributed by atoms with E-state index >= 15 is 0 Å². The van der Waals surface area contributed by atoms with E-state index in [2.05, 4.69) is 4.99 Å². The predicted octanol–water partition coefficient (Wildman–Crippen LogP) is 6.11. The summed E-state index contributed by atoms with van der Waals surface area (Å²) in [5, 5.41) is 22.5. The van der Waals surface area contributed by atoms with E-state index in [1.54, 1.807) is 56.6 Å². The first kappa shape index (κ1) is 23.5. The van der Waals surface area contributed by atoms with Crippen molar-refractivity contribution in [3.63, 3.8) is 0 Å². The second-order valence-electron chi connectivity index (χ2n) is 6.49. The molecule has 0 atom stereocenters. The number of nitro groups is 2. The van der Waals surface area contributed by atoms with Crippen molar-refractivity contribution < 1.29 is 24.1 Å². The summed E-state index contributed by atoms with van der Waals surface area (Å²) >= 11 is 6.39. The molecule has 0 radical (unpaired) electrons. The zero-order chi connectivity index (χ0) is 24.0. The molecule has 0 N–H and O–H groups in total. The van der Waals surface area contributed by atoms with Crippen molar-refractivity contribution in [3.8, 4) is 23.0 Å². The highest BCUT2D eigenvalue weighted by Gasteiger charge is 2.23. The van der Waals surface area contributed by atoms with Crippen LogP contribution in [0.15, 0.2) is 59.6 Å². The fourth-order valence-corrected chi connectivity index (χ4v) is 3.06. The lowest BCUT2D eigenvalue weighted by Crippen LogP contribution is -2.00. The molecule has 0 aromatic heterocycles. The standard InChI is InChI=1S/C22H18ClN3O7/c1-3-32-21-11-14(13-24-15-4-7-17(31-2)8-5-15)10-18(23)22(21)33-20-9-6-16(25(27)28)12-19(20)26(29)30/h4-13H,3H2,1-2H3. The number of nitrogens with zero attached hydrogens (tertiary/aromatic N) is 3. The number of benzene rings is 3. The van der Waals surface area contributed by atoms with E-state index < -0.39 is 21.2 Å². The molecule has 0 aliphatic carbocycles. The van der Waals surface area contributed by atoms with Gasteiger partial charge in [-0.05, 0) is 55.0 Å². The number of ether oxygens (including phenoxy) is 3. The summed E-state index contributed by atoms with van der Waals surface area (Å²) < 4.78 is 16.4. The van der Waals surface area contributed by atoms with Gasteiger partial charge in [-0.1, -0.05) is 11.6 Å². The van der Waals surface area contributed by atoms with Gasteiger partial charge in [0.1, 0.15) is 5.75 Å². The molecule has 0 heterocycles. The molecule has 0 saturated carbocycles. The molecule has 3 aromatic rings. The highest BCUT2D eigenvalue weighted by Crippen LogP contribution is 2.42. The Kier molecular flexibility index (Phi) is 7.42. The van der Waals surface area contributed by atoms with Gasteiger partial charge in [0.05, 0.1) is 40.3 Å². The lowest BCUT2D eigenvalue weighted by Gasteiger charge is -2.14. The van der Waals surface area contributed by atoms with Gasteiger partial charge in [-0.25, -0.2) is 0 Å². The Morgan fingerprint density at radius 2 is 1.73 bits per heavy atom. The Labute approximate surface area is 193 Å². The summed E-state index contributed by atoms with van der Waals surface area (Å²) in [6.07, 6.45) is 1.58. The first-order chi connectivity index (χ1) is 15.8. The van der Waals surface area contributed by atoms with E-state index in [1.165, 1.54) is 0 Å². The van der Waals surface area contributed by atoms with E-state index in [0.29, 0.717) is 17.0 Å². The van der Waals surface area contributed by atoms with E-state index in [-0.39, 0.29) is 28.9 Å². The van der Waals surface area contributed by atoms with Gasteiger partial charge in [0.2, 0.25) is 5.75 Å². The third kappa shape index (κ3) is 5.74. The molecule has 11 heteroatoms. The van der Waals surface area contributed by atoms with Crippen LogP contribution in [0.3, 0.4) is 0 Å². The minimum Gasteiger partial charge on any atom is -0.497 e. The van der Waals surface area contributed by atoms with Crippen LogP contribution in [0, 0.1) is 20.2 Å². The Morgan fingerprint density at radius 3 is 2.33 bits per heavy atom. The van der Waals surface area contributed by atoms with Crippen LogP contribution in [-0.2, 0) is 0 Å². The molecule has 33 heavy (non-hydrogen) atoms. The van der Waals surface area contributed by atoms with Gasteiger partial charge < -0.3 is 14.2 Å². The average molecular weight is 472 g/mol. The van der Waals surface area contributed by atoms with Crippen molar-refractivity contribution in [2.24, 2.45) is 4.99 Å². The molecule has 10 nitrogen and oxygen atoms in total. The smallest absolute Gasteiger partial charge is 0.318 e. The summed E-state index contributed by atoms with van der Waals surface area (Å²) in [5.41, 5.74) is 0.277. The van der Waals surface area contributed by atoms with E-state index in [4.69, 9.17) is 25.8 Å². The zero-order valence-corrected chi connectivity index (χ0v) is 18.3. The third-order valence-electron chi connectivity index (χ3n) is 4.33. The van der Waals surface area contributed by atoms with Crippen LogP contribution < -0.4 is 14.2 Å². The number of hydrogen-bond donors (Lipinski definition) is 0. The molecular weight excluding hydrogens is 454 g/mol. The molecular formula is C22H18ClN3O7. The number of methoxy groups -OCH3 is 1. The second kappa shape index (κ2) is 10.4. The van der Waals surface area contributed by atoms with Crippen molar-refractivity contribution >= 4 is 34.9 Å². The van der Waals surface area contributed by atoms with Gasteiger partial charge in [0.25, 0.3) is 5.69 Å². The van der Waals surface area contributed by atoms with Crippen LogP contribution in [-0.4, -0.2) is 29.8 Å². The number of halogens is 1. The molecule has 0 fully saturated rings. The molecule has 0 spiro atoms. The Balaban J connectivity index is 1.95. The van der Waals surface area contributed by atoms with Crippen LogP contribution >= 0.6 is 11.6 Å². The molecule has 0 aliphatic heterocycles. The van der Waals surface area contributed by atoms with Gasteiger partial charge >= 0.3 is 5.69 Å². The second-order valence-corrected chi connectivity index (χ2v) is 6.89. The molecule has 0 bridgehead atoms. The molecule has 170 valence electrons. The topological polar surface area (TPSA) is 126 Å². The van der Waals surface area contributed by atoms with Crippen LogP contribution in [0.5, 0.6) is 23.0 Å². The van der Waals surface area contributed by atoms with Crippen LogP contribution in [0.2, 0.25) is 5.02 Å². The van der Waals surface area contributed by atoms with E-state index in [9.17, 15) is 20.2 Å². The molecule has 0 unspecified atom stereocenters. The summed E-state index contributed by atoms with van der Waals surface area (Å²) in [7, 11) is 1.57. The largest absolute Gasteiger partial charge is 0.497 e.